The van der Waals surface area contributed by atoms with Crippen LogP contribution in [-0.4, -0.2) is 23.4 Å². The summed E-state index contributed by atoms with van der Waals surface area (Å²) in [4.78, 5) is 5.97. The number of amidine groups is 1. The Morgan fingerprint density at radius 3 is 2.94 bits per heavy atom. The number of anilines is 1. The quantitative estimate of drug-likeness (QED) is 0.586. The van der Waals surface area contributed by atoms with E-state index in [1.54, 1.807) is 12.3 Å². The minimum atomic E-state index is -0.307. The minimum Gasteiger partial charge on any atom is -0.388 e. The van der Waals surface area contributed by atoms with Crippen molar-refractivity contribution in [2.24, 2.45) is 5.73 Å². The molecule has 1 heterocycles. The van der Waals surface area contributed by atoms with Gasteiger partial charge in [0.05, 0.1) is 5.84 Å². The first kappa shape index (κ1) is 10.9. The Morgan fingerprint density at radius 2 is 2.38 bits per heavy atom. The van der Waals surface area contributed by atoms with Gasteiger partial charge in [-0.15, -0.1) is 0 Å². The van der Waals surface area contributed by atoms with Crippen LogP contribution in [0.4, 0.5) is 10.2 Å². The topological polar surface area (TPSA) is 66.0 Å². The molecule has 86 valence electrons. The molecule has 16 heavy (non-hydrogen) atoms. The molecule has 1 aliphatic carbocycles. The molecule has 1 aromatic rings. The van der Waals surface area contributed by atoms with Crippen LogP contribution in [0.5, 0.6) is 0 Å². The third kappa shape index (κ3) is 2.48. The third-order valence-electron chi connectivity index (χ3n) is 2.62. The molecule has 1 fully saturated rings. The maximum absolute atomic E-state index is 13.6. The Kier molecular flexibility index (Phi) is 3.03. The lowest BCUT2D eigenvalue weighted by molar-refractivity contribution is 0.607. The average molecular weight is 222 g/mol. The molecule has 0 radical (unpaired) electrons. The average Bonchev–Trinajstić information content (AvgIpc) is 3.04. The number of rotatable bonds is 5. The first-order valence-corrected chi connectivity index (χ1v) is 5.38. The molecule has 1 aliphatic rings. The van der Waals surface area contributed by atoms with E-state index in [4.69, 9.17) is 11.1 Å². The van der Waals surface area contributed by atoms with Crippen LogP contribution in [0.3, 0.4) is 0 Å². The molecular weight excluding hydrogens is 207 g/mol. The first-order valence-electron chi connectivity index (χ1n) is 5.38. The molecule has 4 nitrogen and oxygen atoms in total. The van der Waals surface area contributed by atoms with Gasteiger partial charge >= 0.3 is 0 Å². The second-order valence-corrected chi connectivity index (χ2v) is 4.01. The zero-order valence-corrected chi connectivity index (χ0v) is 8.99. The van der Waals surface area contributed by atoms with E-state index >= 15 is 0 Å². The van der Waals surface area contributed by atoms with Gasteiger partial charge in [-0.3, -0.25) is 5.41 Å². The SMILES string of the molecule is N=C(N)CCN(c1ncccc1F)C1CC1. The van der Waals surface area contributed by atoms with Crippen molar-refractivity contribution in [1.82, 2.24) is 4.98 Å². The van der Waals surface area contributed by atoms with Gasteiger partial charge in [-0.1, -0.05) is 0 Å². The highest BCUT2D eigenvalue weighted by Gasteiger charge is 2.31. The fourth-order valence-corrected chi connectivity index (χ4v) is 1.68. The summed E-state index contributed by atoms with van der Waals surface area (Å²) in [6.07, 6.45) is 4.16. The van der Waals surface area contributed by atoms with Gasteiger partial charge in [0.25, 0.3) is 0 Å². The van der Waals surface area contributed by atoms with Crippen LogP contribution in [0.2, 0.25) is 0 Å². The lowest BCUT2D eigenvalue weighted by Crippen LogP contribution is -2.31. The molecule has 1 aromatic heterocycles. The second kappa shape index (κ2) is 4.47. The Labute approximate surface area is 93.8 Å². The van der Waals surface area contributed by atoms with Crippen molar-refractivity contribution >= 4 is 11.7 Å². The van der Waals surface area contributed by atoms with Crippen LogP contribution < -0.4 is 10.6 Å². The van der Waals surface area contributed by atoms with Crippen molar-refractivity contribution in [3.8, 4) is 0 Å². The monoisotopic (exact) mass is 222 g/mol. The number of aromatic nitrogens is 1. The van der Waals surface area contributed by atoms with E-state index in [0.717, 1.165) is 12.8 Å². The van der Waals surface area contributed by atoms with Crippen LogP contribution in [0.15, 0.2) is 18.3 Å². The van der Waals surface area contributed by atoms with Gasteiger partial charge in [0.1, 0.15) is 0 Å². The zero-order valence-electron chi connectivity index (χ0n) is 8.99. The van der Waals surface area contributed by atoms with Gasteiger partial charge in [-0.25, -0.2) is 9.37 Å². The summed E-state index contributed by atoms with van der Waals surface area (Å²) >= 11 is 0. The Balaban J connectivity index is 2.12. The van der Waals surface area contributed by atoms with Crippen molar-refractivity contribution in [3.63, 3.8) is 0 Å². The zero-order chi connectivity index (χ0) is 11.5. The highest BCUT2D eigenvalue weighted by Crippen LogP contribution is 2.31. The summed E-state index contributed by atoms with van der Waals surface area (Å²) in [6.45, 7) is 0.563. The Bertz CT molecular complexity index is 389. The highest BCUT2D eigenvalue weighted by molar-refractivity contribution is 5.77. The summed E-state index contributed by atoms with van der Waals surface area (Å²) in [5, 5.41) is 7.20. The second-order valence-electron chi connectivity index (χ2n) is 4.01. The molecule has 0 unspecified atom stereocenters. The van der Waals surface area contributed by atoms with Gasteiger partial charge in [0.2, 0.25) is 0 Å². The van der Waals surface area contributed by atoms with E-state index in [1.807, 2.05) is 4.90 Å². The lowest BCUT2D eigenvalue weighted by Gasteiger charge is -2.23. The summed E-state index contributed by atoms with van der Waals surface area (Å²) in [5.41, 5.74) is 5.32. The predicted molar refractivity (Wildman–Crippen MR) is 61.1 cm³/mol. The Hall–Kier alpha value is -1.65. The summed E-state index contributed by atoms with van der Waals surface area (Å²) < 4.78 is 13.6. The maximum Gasteiger partial charge on any atom is 0.165 e. The first-order chi connectivity index (χ1) is 7.68. The molecular formula is C11H15FN4. The number of halogens is 1. The number of hydrogen-bond donors (Lipinski definition) is 2. The molecule has 0 spiro atoms. The van der Waals surface area contributed by atoms with Crippen molar-refractivity contribution in [2.45, 2.75) is 25.3 Å². The van der Waals surface area contributed by atoms with Crippen molar-refractivity contribution in [1.29, 1.82) is 5.41 Å². The maximum atomic E-state index is 13.6. The normalized spacial score (nSPS) is 14.8. The van der Waals surface area contributed by atoms with Crippen LogP contribution in [0, 0.1) is 11.2 Å². The Morgan fingerprint density at radius 1 is 1.62 bits per heavy atom. The van der Waals surface area contributed by atoms with Crippen molar-refractivity contribution in [3.05, 3.63) is 24.1 Å². The van der Waals surface area contributed by atoms with Gasteiger partial charge in [0.15, 0.2) is 11.6 Å². The molecule has 0 aliphatic heterocycles. The highest BCUT2D eigenvalue weighted by atomic mass is 19.1. The van der Waals surface area contributed by atoms with E-state index < -0.39 is 0 Å². The van der Waals surface area contributed by atoms with Crippen molar-refractivity contribution < 1.29 is 4.39 Å². The summed E-state index contributed by atoms with van der Waals surface area (Å²) in [6, 6.07) is 3.35. The molecule has 0 atom stereocenters. The minimum absolute atomic E-state index is 0.127. The fourth-order valence-electron chi connectivity index (χ4n) is 1.68. The fraction of sp³-hybridized carbons (Fsp3) is 0.455. The van der Waals surface area contributed by atoms with Gasteiger partial charge in [0, 0.05) is 25.2 Å². The lowest BCUT2D eigenvalue weighted by atomic mass is 10.3. The molecule has 0 amide bonds. The molecule has 5 heteroatoms. The number of nitrogens with one attached hydrogen (secondary N) is 1. The standard InChI is InChI=1S/C11H15FN4/c12-9-2-1-6-15-11(9)16(8-3-4-8)7-5-10(13)14/h1-2,6,8H,3-5,7H2,(H3,13,14). The summed E-state index contributed by atoms with van der Waals surface area (Å²) in [7, 11) is 0. The number of nitrogens with two attached hydrogens (primary N) is 1. The van der Waals surface area contributed by atoms with Gasteiger partial charge in [-0.2, -0.15) is 0 Å². The number of pyridine rings is 1. The molecule has 1 saturated carbocycles. The van der Waals surface area contributed by atoms with E-state index in [0.29, 0.717) is 24.8 Å². The predicted octanol–water partition coefficient (Wildman–Crippen LogP) is 1.52. The van der Waals surface area contributed by atoms with Crippen LogP contribution in [-0.2, 0) is 0 Å². The van der Waals surface area contributed by atoms with E-state index in [2.05, 4.69) is 4.98 Å². The van der Waals surface area contributed by atoms with Crippen LogP contribution in [0.1, 0.15) is 19.3 Å². The molecule has 0 aromatic carbocycles. The van der Waals surface area contributed by atoms with Gasteiger partial charge < -0.3 is 10.6 Å². The van der Waals surface area contributed by atoms with E-state index in [1.165, 1.54) is 6.07 Å². The summed E-state index contributed by atoms with van der Waals surface area (Å²) in [5.74, 6) is 0.200. The molecule has 0 bridgehead atoms. The van der Waals surface area contributed by atoms with Crippen molar-refractivity contribution in [2.75, 3.05) is 11.4 Å². The van der Waals surface area contributed by atoms with Crippen LogP contribution >= 0.6 is 0 Å². The van der Waals surface area contributed by atoms with E-state index in [-0.39, 0.29) is 11.7 Å². The molecule has 0 saturated heterocycles. The van der Waals surface area contributed by atoms with E-state index in [9.17, 15) is 4.39 Å². The molecule has 3 N–H and O–H groups in total. The largest absolute Gasteiger partial charge is 0.388 e. The number of nitrogens with zero attached hydrogens (tertiary/aromatic N) is 2. The molecule has 2 rings (SSSR count). The van der Waals surface area contributed by atoms with Crippen LogP contribution in [0.25, 0.3) is 0 Å². The smallest absolute Gasteiger partial charge is 0.165 e. The van der Waals surface area contributed by atoms with Gasteiger partial charge in [-0.05, 0) is 25.0 Å². The number of hydrogen-bond acceptors (Lipinski definition) is 3. The third-order valence-corrected chi connectivity index (χ3v) is 2.62.